The molecule has 0 aliphatic carbocycles. The van der Waals surface area contributed by atoms with Crippen LogP contribution in [0, 0.1) is 11.3 Å². The molecule has 0 spiro atoms. The monoisotopic (exact) mass is 299 g/mol. The largest absolute Gasteiger partial charge is 0.461 e. The Hall–Kier alpha value is -2.14. The summed E-state index contributed by atoms with van der Waals surface area (Å²) in [5, 5.41) is 12.3. The molecule has 106 valence electrons. The van der Waals surface area contributed by atoms with Crippen molar-refractivity contribution in [1.29, 1.82) is 5.26 Å². The molecule has 8 heteroatoms. The fourth-order valence-electron chi connectivity index (χ4n) is 1.15. The average molecular weight is 299 g/mol. The van der Waals surface area contributed by atoms with E-state index >= 15 is 0 Å². The standard InChI is InChI=1S/C12H11F2N3O2S/c1-2-19-11(18)10(7-15)17-16-8-3-5-9(6-4-8)20-12(13)14/h3-6,12,16H,2H2,1H3/b17-10-. The zero-order valence-corrected chi connectivity index (χ0v) is 11.3. The number of anilines is 1. The molecule has 0 aliphatic rings. The van der Waals surface area contributed by atoms with Gasteiger partial charge in [-0.2, -0.15) is 19.1 Å². The third-order valence-corrected chi connectivity index (χ3v) is 2.67. The molecular weight excluding hydrogens is 288 g/mol. The molecule has 0 aromatic heterocycles. The van der Waals surface area contributed by atoms with E-state index in [1.165, 1.54) is 24.3 Å². The number of ether oxygens (including phenoxy) is 1. The molecule has 0 unspecified atom stereocenters. The van der Waals surface area contributed by atoms with Crippen LogP contribution in [0.25, 0.3) is 0 Å². The topological polar surface area (TPSA) is 74.5 Å². The van der Waals surface area contributed by atoms with Crippen LogP contribution in [0.5, 0.6) is 0 Å². The summed E-state index contributed by atoms with van der Waals surface area (Å²) in [6.07, 6.45) is 0. The van der Waals surface area contributed by atoms with Crippen LogP contribution in [0.1, 0.15) is 6.92 Å². The molecule has 1 rings (SSSR count). The van der Waals surface area contributed by atoms with Gasteiger partial charge in [-0.25, -0.2) is 4.79 Å². The highest BCUT2D eigenvalue weighted by atomic mass is 32.2. The molecule has 0 saturated carbocycles. The normalized spacial score (nSPS) is 11.1. The molecule has 0 amide bonds. The van der Waals surface area contributed by atoms with E-state index in [-0.39, 0.29) is 6.61 Å². The number of nitriles is 1. The van der Waals surface area contributed by atoms with Crippen molar-refractivity contribution >= 4 is 29.1 Å². The Morgan fingerprint density at radius 3 is 2.65 bits per heavy atom. The third-order valence-electron chi connectivity index (χ3n) is 1.95. The van der Waals surface area contributed by atoms with Gasteiger partial charge in [0.05, 0.1) is 12.3 Å². The van der Waals surface area contributed by atoms with Crippen LogP contribution in [0.4, 0.5) is 14.5 Å². The number of hydrogen-bond acceptors (Lipinski definition) is 6. The van der Waals surface area contributed by atoms with Crippen LogP contribution in [0.15, 0.2) is 34.3 Å². The summed E-state index contributed by atoms with van der Waals surface area (Å²) < 4.78 is 28.9. The van der Waals surface area contributed by atoms with Crippen molar-refractivity contribution in [3.63, 3.8) is 0 Å². The minimum atomic E-state index is -2.49. The van der Waals surface area contributed by atoms with Gasteiger partial charge in [0.1, 0.15) is 6.07 Å². The minimum Gasteiger partial charge on any atom is -0.461 e. The van der Waals surface area contributed by atoms with Crippen molar-refractivity contribution < 1.29 is 18.3 Å². The van der Waals surface area contributed by atoms with Crippen LogP contribution in [-0.2, 0) is 9.53 Å². The molecule has 1 aromatic rings. The predicted octanol–water partition coefficient (Wildman–Crippen LogP) is 2.86. The number of thioether (sulfide) groups is 1. The Morgan fingerprint density at radius 1 is 1.50 bits per heavy atom. The van der Waals surface area contributed by atoms with E-state index in [4.69, 9.17) is 5.26 Å². The van der Waals surface area contributed by atoms with Gasteiger partial charge in [0.15, 0.2) is 0 Å². The Kier molecular flexibility index (Phi) is 6.46. The summed E-state index contributed by atoms with van der Waals surface area (Å²) in [7, 11) is 0. The lowest BCUT2D eigenvalue weighted by atomic mass is 10.3. The summed E-state index contributed by atoms with van der Waals surface area (Å²) in [5.41, 5.74) is 2.52. The molecular formula is C12H11F2N3O2S. The number of hydrogen-bond donors (Lipinski definition) is 1. The Bertz CT molecular complexity index is 526. The van der Waals surface area contributed by atoms with Gasteiger partial charge >= 0.3 is 5.97 Å². The van der Waals surface area contributed by atoms with E-state index in [0.29, 0.717) is 22.3 Å². The average Bonchev–Trinajstić information content (AvgIpc) is 2.41. The summed E-state index contributed by atoms with van der Waals surface area (Å²) in [4.78, 5) is 11.7. The van der Waals surface area contributed by atoms with Crippen LogP contribution < -0.4 is 5.43 Å². The maximum absolute atomic E-state index is 12.1. The fourth-order valence-corrected chi connectivity index (χ4v) is 1.65. The molecule has 1 N–H and O–H groups in total. The lowest BCUT2D eigenvalue weighted by Gasteiger charge is -2.03. The first-order valence-corrected chi connectivity index (χ1v) is 6.40. The molecule has 20 heavy (non-hydrogen) atoms. The maximum atomic E-state index is 12.1. The molecule has 0 radical (unpaired) electrons. The van der Waals surface area contributed by atoms with Crippen LogP contribution in [-0.4, -0.2) is 24.0 Å². The molecule has 5 nitrogen and oxygen atoms in total. The van der Waals surface area contributed by atoms with E-state index < -0.39 is 17.4 Å². The molecule has 0 aliphatic heterocycles. The number of hydrazone groups is 1. The lowest BCUT2D eigenvalue weighted by Crippen LogP contribution is -2.17. The van der Waals surface area contributed by atoms with Gasteiger partial charge in [-0.15, -0.1) is 0 Å². The van der Waals surface area contributed by atoms with Crippen molar-refractivity contribution in [3.05, 3.63) is 24.3 Å². The summed E-state index contributed by atoms with van der Waals surface area (Å²) in [5.74, 6) is -3.31. The molecule has 0 fully saturated rings. The van der Waals surface area contributed by atoms with Gasteiger partial charge in [0.2, 0.25) is 5.71 Å². The second-order valence-electron chi connectivity index (χ2n) is 3.31. The van der Waals surface area contributed by atoms with Crippen molar-refractivity contribution in [1.82, 2.24) is 0 Å². The smallest absolute Gasteiger partial charge is 0.369 e. The molecule has 0 atom stereocenters. The number of alkyl halides is 2. The number of nitrogens with zero attached hydrogens (tertiary/aromatic N) is 2. The predicted molar refractivity (Wildman–Crippen MR) is 71.6 cm³/mol. The van der Waals surface area contributed by atoms with E-state index in [2.05, 4.69) is 15.3 Å². The molecule has 1 aromatic carbocycles. The molecule has 0 bridgehead atoms. The van der Waals surface area contributed by atoms with E-state index in [1.807, 2.05) is 0 Å². The first-order chi connectivity index (χ1) is 9.56. The zero-order chi connectivity index (χ0) is 15.0. The van der Waals surface area contributed by atoms with Crippen LogP contribution >= 0.6 is 11.8 Å². The third kappa shape index (κ3) is 5.24. The SMILES string of the molecule is CCOC(=O)/C(C#N)=N\Nc1ccc(SC(F)F)cc1. The van der Waals surface area contributed by atoms with Gasteiger partial charge in [-0.05, 0) is 31.2 Å². The second kappa shape index (κ2) is 8.12. The number of carbonyl (C=O) groups is 1. The van der Waals surface area contributed by atoms with Crippen molar-refractivity contribution in [2.24, 2.45) is 5.10 Å². The van der Waals surface area contributed by atoms with Crippen molar-refractivity contribution in [3.8, 4) is 6.07 Å². The van der Waals surface area contributed by atoms with Gasteiger partial charge in [0, 0.05) is 4.90 Å². The van der Waals surface area contributed by atoms with E-state index in [1.54, 1.807) is 13.0 Å². The number of esters is 1. The number of carbonyl (C=O) groups excluding carboxylic acids is 1. The number of benzene rings is 1. The summed E-state index contributed by atoms with van der Waals surface area (Å²) in [6.45, 7) is 1.75. The minimum absolute atomic E-state index is 0.138. The highest BCUT2D eigenvalue weighted by Crippen LogP contribution is 2.26. The summed E-state index contributed by atoms with van der Waals surface area (Å²) in [6, 6.07) is 7.58. The molecule has 0 saturated heterocycles. The Morgan fingerprint density at radius 2 is 2.15 bits per heavy atom. The van der Waals surface area contributed by atoms with Crippen molar-refractivity contribution in [2.45, 2.75) is 17.6 Å². The van der Waals surface area contributed by atoms with Gasteiger partial charge in [-0.1, -0.05) is 11.8 Å². The van der Waals surface area contributed by atoms with Gasteiger partial charge in [0.25, 0.3) is 5.76 Å². The molecule has 0 heterocycles. The van der Waals surface area contributed by atoms with E-state index in [9.17, 15) is 13.6 Å². The first-order valence-electron chi connectivity index (χ1n) is 5.52. The quantitative estimate of drug-likeness (QED) is 0.378. The Balaban J connectivity index is 2.68. The number of nitrogens with one attached hydrogen (secondary N) is 1. The highest BCUT2D eigenvalue weighted by Gasteiger charge is 2.11. The van der Waals surface area contributed by atoms with Crippen molar-refractivity contribution in [2.75, 3.05) is 12.0 Å². The second-order valence-corrected chi connectivity index (χ2v) is 4.37. The van der Waals surface area contributed by atoms with E-state index in [0.717, 1.165) is 0 Å². The first kappa shape index (κ1) is 15.9. The van der Waals surface area contributed by atoms with Crippen LogP contribution in [0.3, 0.4) is 0 Å². The zero-order valence-electron chi connectivity index (χ0n) is 10.5. The Labute approximate surface area is 118 Å². The number of rotatable bonds is 6. The highest BCUT2D eigenvalue weighted by molar-refractivity contribution is 7.99. The van der Waals surface area contributed by atoms with Gasteiger partial charge in [-0.3, -0.25) is 5.43 Å². The number of halogens is 2. The lowest BCUT2D eigenvalue weighted by molar-refractivity contribution is -0.134. The van der Waals surface area contributed by atoms with Gasteiger partial charge < -0.3 is 4.74 Å². The maximum Gasteiger partial charge on any atom is 0.369 e. The van der Waals surface area contributed by atoms with Crippen LogP contribution in [0.2, 0.25) is 0 Å². The summed E-state index contributed by atoms with van der Waals surface area (Å²) >= 11 is 0.424. The fraction of sp³-hybridized carbons (Fsp3) is 0.250.